The molecule has 0 N–H and O–H groups in total. The van der Waals surface area contributed by atoms with Crippen molar-refractivity contribution in [3.8, 4) is 16.5 Å². The average Bonchev–Trinajstić information content (AvgIpc) is 3.40. The van der Waals surface area contributed by atoms with Gasteiger partial charge in [-0.2, -0.15) is 5.10 Å². The second-order valence-corrected chi connectivity index (χ2v) is 6.89. The van der Waals surface area contributed by atoms with Crippen molar-refractivity contribution >= 4 is 17.3 Å². The molecule has 0 atom stereocenters. The molecule has 0 aliphatic carbocycles. The summed E-state index contributed by atoms with van der Waals surface area (Å²) in [6.07, 6.45) is 0. The van der Waals surface area contributed by atoms with Gasteiger partial charge in [0.05, 0.1) is 21.8 Å². The maximum Gasteiger partial charge on any atom is 0.338 e. The van der Waals surface area contributed by atoms with Crippen molar-refractivity contribution in [3.05, 3.63) is 70.7 Å². The van der Waals surface area contributed by atoms with Crippen LogP contribution in [0.1, 0.15) is 27.6 Å². The van der Waals surface area contributed by atoms with Crippen LogP contribution in [-0.4, -0.2) is 25.9 Å². The van der Waals surface area contributed by atoms with Crippen LogP contribution >= 0.6 is 11.3 Å². The predicted octanol–water partition coefficient (Wildman–Crippen LogP) is 3.96. The lowest BCUT2D eigenvalue weighted by atomic mass is 10.2. The molecule has 3 heterocycles. The van der Waals surface area contributed by atoms with Crippen molar-refractivity contribution in [1.29, 1.82) is 0 Å². The highest BCUT2D eigenvalue weighted by Crippen LogP contribution is 2.23. The van der Waals surface area contributed by atoms with E-state index in [1.165, 1.54) is 11.3 Å². The number of rotatable bonds is 5. The summed E-state index contributed by atoms with van der Waals surface area (Å²) in [7, 11) is 0. The Labute approximate surface area is 159 Å². The van der Waals surface area contributed by atoms with Gasteiger partial charge in [0.2, 0.25) is 0 Å². The summed E-state index contributed by atoms with van der Waals surface area (Å²) in [5.74, 6) is 0.224. The number of carbonyl (C=O) groups is 1. The van der Waals surface area contributed by atoms with Crippen LogP contribution < -0.4 is 0 Å². The Morgan fingerprint density at radius 3 is 2.67 bits per heavy atom. The second kappa shape index (κ2) is 7.16. The number of aryl methyl sites for hydroxylation is 2. The van der Waals surface area contributed by atoms with Crippen molar-refractivity contribution in [3.63, 3.8) is 0 Å². The fraction of sp³-hybridized carbons (Fsp3) is 0.158. The summed E-state index contributed by atoms with van der Waals surface area (Å²) in [5.41, 5.74) is 3.30. The zero-order chi connectivity index (χ0) is 18.8. The molecule has 1 aromatic carbocycles. The van der Waals surface area contributed by atoms with Crippen molar-refractivity contribution in [1.82, 2.24) is 20.0 Å². The van der Waals surface area contributed by atoms with Gasteiger partial charge in [0, 0.05) is 5.69 Å². The second-order valence-electron chi connectivity index (χ2n) is 5.94. The Kier molecular flexibility index (Phi) is 4.55. The van der Waals surface area contributed by atoms with E-state index in [4.69, 9.17) is 9.15 Å². The van der Waals surface area contributed by atoms with Gasteiger partial charge < -0.3 is 9.15 Å². The van der Waals surface area contributed by atoms with Crippen LogP contribution in [0.25, 0.3) is 16.5 Å². The predicted molar refractivity (Wildman–Crippen MR) is 99.8 cm³/mol. The summed E-state index contributed by atoms with van der Waals surface area (Å²) >= 11 is 1.50. The minimum absolute atomic E-state index is 0.0730. The molecule has 136 valence electrons. The molecular weight excluding hydrogens is 364 g/mol. The summed E-state index contributed by atoms with van der Waals surface area (Å²) in [6, 6.07) is 12.9. The number of thiophene rings is 1. The molecule has 0 bridgehead atoms. The first-order chi connectivity index (χ1) is 13.1. The number of esters is 1. The van der Waals surface area contributed by atoms with Crippen molar-refractivity contribution < 1.29 is 13.9 Å². The van der Waals surface area contributed by atoms with Gasteiger partial charge >= 0.3 is 5.97 Å². The average molecular weight is 380 g/mol. The van der Waals surface area contributed by atoms with Crippen LogP contribution in [0, 0.1) is 13.8 Å². The summed E-state index contributed by atoms with van der Waals surface area (Å²) in [6.45, 7) is 3.85. The summed E-state index contributed by atoms with van der Waals surface area (Å²) in [5, 5.41) is 14.2. The topological polar surface area (TPSA) is 83.0 Å². The first kappa shape index (κ1) is 17.2. The Bertz CT molecular complexity index is 1070. The van der Waals surface area contributed by atoms with Gasteiger partial charge in [0.15, 0.2) is 6.61 Å². The van der Waals surface area contributed by atoms with Crippen LogP contribution in [0.15, 0.2) is 52.3 Å². The SMILES string of the molecule is Cc1cc(C)n(-c2ccc(C(=O)OCc3nnc(-c4cccs4)o3)cc2)n1. The first-order valence-corrected chi connectivity index (χ1v) is 9.15. The Hall–Kier alpha value is -3.26. The van der Waals surface area contributed by atoms with Gasteiger partial charge in [0.1, 0.15) is 0 Å². The van der Waals surface area contributed by atoms with E-state index in [0.717, 1.165) is 22.0 Å². The molecule has 0 saturated heterocycles. The molecule has 0 spiro atoms. The Morgan fingerprint density at radius 2 is 2.00 bits per heavy atom. The van der Waals surface area contributed by atoms with E-state index in [1.54, 1.807) is 12.1 Å². The number of ether oxygens (including phenoxy) is 1. The van der Waals surface area contributed by atoms with E-state index in [9.17, 15) is 4.79 Å². The third kappa shape index (κ3) is 3.65. The molecule has 4 aromatic rings. The van der Waals surface area contributed by atoms with Gasteiger partial charge in [-0.1, -0.05) is 6.07 Å². The van der Waals surface area contributed by atoms with Crippen LogP contribution in [0.2, 0.25) is 0 Å². The maximum atomic E-state index is 12.2. The lowest BCUT2D eigenvalue weighted by Gasteiger charge is -2.06. The smallest absolute Gasteiger partial charge is 0.338 e. The third-order valence-electron chi connectivity index (χ3n) is 3.88. The summed E-state index contributed by atoms with van der Waals surface area (Å²) in [4.78, 5) is 13.1. The largest absolute Gasteiger partial charge is 0.452 e. The van der Waals surface area contributed by atoms with Gasteiger partial charge in [0.25, 0.3) is 11.8 Å². The number of hydrogen-bond acceptors (Lipinski definition) is 7. The molecule has 8 heteroatoms. The van der Waals surface area contributed by atoms with Gasteiger partial charge in [-0.3, -0.25) is 0 Å². The normalized spacial score (nSPS) is 10.9. The molecule has 3 aromatic heterocycles. The van der Waals surface area contributed by atoms with E-state index in [1.807, 2.05) is 54.2 Å². The van der Waals surface area contributed by atoms with E-state index in [0.29, 0.717) is 11.5 Å². The van der Waals surface area contributed by atoms with E-state index < -0.39 is 5.97 Å². The van der Waals surface area contributed by atoms with Gasteiger partial charge in [-0.05, 0) is 55.6 Å². The molecule has 7 nitrogen and oxygen atoms in total. The first-order valence-electron chi connectivity index (χ1n) is 8.27. The van der Waals surface area contributed by atoms with Crippen molar-refractivity contribution in [2.45, 2.75) is 20.5 Å². The number of aromatic nitrogens is 4. The molecule has 0 unspecified atom stereocenters. The Balaban J connectivity index is 1.40. The molecule has 4 rings (SSSR count). The quantitative estimate of drug-likeness (QED) is 0.487. The van der Waals surface area contributed by atoms with Crippen LogP contribution in [-0.2, 0) is 11.3 Å². The third-order valence-corrected chi connectivity index (χ3v) is 4.74. The molecule has 0 saturated carbocycles. The molecule has 0 radical (unpaired) electrons. The Morgan fingerprint density at radius 1 is 1.19 bits per heavy atom. The highest BCUT2D eigenvalue weighted by Gasteiger charge is 2.13. The van der Waals surface area contributed by atoms with Crippen molar-refractivity contribution in [2.75, 3.05) is 0 Å². The molecule has 0 fully saturated rings. The molecular formula is C19H16N4O3S. The number of carbonyl (C=O) groups excluding carboxylic acids is 1. The van der Waals surface area contributed by atoms with Gasteiger partial charge in [-0.15, -0.1) is 21.5 Å². The molecule has 0 amide bonds. The van der Waals surface area contributed by atoms with Crippen LogP contribution in [0.3, 0.4) is 0 Å². The lowest BCUT2D eigenvalue weighted by Crippen LogP contribution is -2.06. The zero-order valence-corrected chi connectivity index (χ0v) is 15.6. The van der Waals surface area contributed by atoms with Gasteiger partial charge in [-0.25, -0.2) is 9.48 Å². The minimum atomic E-state index is -0.453. The molecule has 0 aliphatic rings. The van der Waals surface area contributed by atoms with Crippen LogP contribution in [0.5, 0.6) is 0 Å². The minimum Gasteiger partial charge on any atom is -0.452 e. The number of nitrogens with zero attached hydrogens (tertiary/aromatic N) is 4. The van der Waals surface area contributed by atoms with E-state index in [2.05, 4.69) is 15.3 Å². The fourth-order valence-electron chi connectivity index (χ4n) is 2.65. The monoisotopic (exact) mass is 380 g/mol. The highest BCUT2D eigenvalue weighted by molar-refractivity contribution is 7.13. The van der Waals surface area contributed by atoms with Crippen LogP contribution in [0.4, 0.5) is 0 Å². The highest BCUT2D eigenvalue weighted by atomic mass is 32.1. The zero-order valence-electron chi connectivity index (χ0n) is 14.7. The van der Waals surface area contributed by atoms with E-state index >= 15 is 0 Å². The number of benzene rings is 1. The fourth-order valence-corrected chi connectivity index (χ4v) is 3.30. The maximum absolute atomic E-state index is 12.2. The number of hydrogen-bond donors (Lipinski definition) is 0. The molecule has 27 heavy (non-hydrogen) atoms. The summed E-state index contributed by atoms with van der Waals surface area (Å²) < 4.78 is 12.6. The van der Waals surface area contributed by atoms with Crippen molar-refractivity contribution in [2.24, 2.45) is 0 Å². The van der Waals surface area contributed by atoms with E-state index in [-0.39, 0.29) is 12.5 Å². The standard InChI is InChI=1S/C19H16N4O3S/c1-12-10-13(2)23(22-12)15-7-5-14(6-8-15)19(24)25-11-17-20-21-18(26-17)16-4-3-9-27-16/h3-10H,11H2,1-2H3. The molecule has 0 aliphatic heterocycles. The lowest BCUT2D eigenvalue weighted by molar-refractivity contribution is 0.0438.